The number of nitrogens with one attached hydrogen (secondary N) is 1. The summed E-state index contributed by atoms with van der Waals surface area (Å²) in [4.78, 5) is 12.2. The van der Waals surface area contributed by atoms with E-state index in [1.165, 1.54) is 0 Å². The maximum Gasteiger partial charge on any atom is 0.281 e. The third-order valence-corrected chi connectivity index (χ3v) is 3.65. The third kappa shape index (κ3) is 5.87. The van der Waals surface area contributed by atoms with Gasteiger partial charge in [-0.3, -0.25) is 4.79 Å². The smallest absolute Gasteiger partial charge is 0.281 e. The Labute approximate surface area is 144 Å². The molecule has 0 fully saturated rings. The lowest BCUT2D eigenvalue weighted by molar-refractivity contribution is -0.128. The molecule has 4 nitrogen and oxygen atoms in total. The van der Waals surface area contributed by atoms with Gasteiger partial charge in [-0.05, 0) is 36.2 Å². The summed E-state index contributed by atoms with van der Waals surface area (Å²) in [6.07, 6.45) is 2.52. The van der Waals surface area contributed by atoms with Crippen molar-refractivity contribution in [2.45, 2.75) is 25.9 Å². The molecular formula is C18H19BrN2O2. The molecule has 0 saturated heterocycles. The van der Waals surface area contributed by atoms with E-state index in [-0.39, 0.29) is 5.91 Å². The lowest BCUT2D eigenvalue weighted by Gasteiger charge is -2.16. The average Bonchev–Trinajstić information content (AvgIpc) is 2.57. The molecule has 5 heteroatoms. The van der Waals surface area contributed by atoms with Gasteiger partial charge in [-0.2, -0.15) is 5.10 Å². The Balaban J connectivity index is 1.95. The zero-order chi connectivity index (χ0) is 16.5. The zero-order valence-electron chi connectivity index (χ0n) is 12.9. The van der Waals surface area contributed by atoms with Crippen molar-refractivity contribution < 1.29 is 9.53 Å². The summed E-state index contributed by atoms with van der Waals surface area (Å²) < 4.78 is 6.73. The molecule has 1 amide bonds. The van der Waals surface area contributed by atoms with Crippen molar-refractivity contribution in [2.24, 2.45) is 5.10 Å². The number of carbonyl (C=O) groups excluding carboxylic acids is 1. The first-order valence-electron chi connectivity index (χ1n) is 7.49. The molecule has 0 spiro atoms. The molecule has 0 aliphatic heterocycles. The molecule has 2 aromatic rings. The predicted octanol–water partition coefficient (Wildman–Crippen LogP) is 4.15. The second-order valence-electron chi connectivity index (χ2n) is 4.99. The van der Waals surface area contributed by atoms with E-state index in [1.54, 1.807) is 6.21 Å². The van der Waals surface area contributed by atoms with Gasteiger partial charge in [-0.15, -0.1) is 0 Å². The van der Waals surface area contributed by atoms with Crippen LogP contribution < -0.4 is 10.2 Å². The second kappa shape index (κ2) is 9.10. The van der Waals surface area contributed by atoms with Crippen molar-refractivity contribution in [1.82, 2.24) is 5.43 Å². The Morgan fingerprint density at radius 2 is 1.91 bits per heavy atom. The average molecular weight is 375 g/mol. The summed E-state index contributed by atoms with van der Waals surface area (Å²) in [5, 5.41) is 3.99. The molecule has 2 aromatic carbocycles. The Hall–Kier alpha value is -2.14. The van der Waals surface area contributed by atoms with Crippen molar-refractivity contribution in [1.29, 1.82) is 0 Å². The Kier molecular flexibility index (Phi) is 6.81. The quantitative estimate of drug-likeness (QED) is 0.584. The van der Waals surface area contributed by atoms with Crippen molar-refractivity contribution in [3.05, 3.63) is 64.6 Å². The third-order valence-electron chi connectivity index (χ3n) is 3.12. The number of hydrazone groups is 1. The molecule has 1 atom stereocenters. The first-order chi connectivity index (χ1) is 11.2. The molecule has 23 heavy (non-hydrogen) atoms. The van der Waals surface area contributed by atoms with Crippen LogP contribution in [0.15, 0.2) is 64.2 Å². The number of hydrogen-bond acceptors (Lipinski definition) is 3. The van der Waals surface area contributed by atoms with Crippen molar-refractivity contribution in [3.63, 3.8) is 0 Å². The minimum absolute atomic E-state index is 0.248. The SMILES string of the molecule is CCCC(Oc1ccc(Br)cc1)C(=O)NN=Cc1ccccc1. The van der Waals surface area contributed by atoms with E-state index in [9.17, 15) is 4.79 Å². The van der Waals surface area contributed by atoms with Gasteiger partial charge < -0.3 is 4.74 Å². The van der Waals surface area contributed by atoms with Gasteiger partial charge in [0.1, 0.15) is 5.75 Å². The fourth-order valence-corrected chi connectivity index (χ4v) is 2.23. The molecule has 0 aliphatic rings. The fourth-order valence-electron chi connectivity index (χ4n) is 1.96. The van der Waals surface area contributed by atoms with Crippen LogP contribution in [0.1, 0.15) is 25.3 Å². The number of nitrogens with zero attached hydrogens (tertiary/aromatic N) is 1. The number of halogens is 1. The van der Waals surface area contributed by atoms with Gasteiger partial charge in [-0.25, -0.2) is 5.43 Å². The molecule has 120 valence electrons. The van der Waals surface area contributed by atoms with Crippen LogP contribution >= 0.6 is 15.9 Å². The number of hydrogen-bond donors (Lipinski definition) is 1. The predicted molar refractivity (Wildman–Crippen MR) is 95.6 cm³/mol. The number of carbonyl (C=O) groups is 1. The van der Waals surface area contributed by atoms with Crippen LogP contribution in [0.2, 0.25) is 0 Å². The van der Waals surface area contributed by atoms with Crippen molar-refractivity contribution in [3.8, 4) is 5.75 Å². The van der Waals surface area contributed by atoms with Gasteiger partial charge in [0.15, 0.2) is 6.10 Å². The first-order valence-corrected chi connectivity index (χ1v) is 8.28. The van der Waals surface area contributed by atoms with Crippen LogP contribution in [0, 0.1) is 0 Å². The van der Waals surface area contributed by atoms with E-state index >= 15 is 0 Å². The molecule has 0 aromatic heterocycles. The Morgan fingerprint density at radius 3 is 2.57 bits per heavy atom. The van der Waals surface area contributed by atoms with Crippen LogP contribution in [-0.4, -0.2) is 18.2 Å². The number of ether oxygens (including phenoxy) is 1. The standard InChI is InChI=1S/C18H19BrN2O2/c1-2-6-17(23-16-11-9-15(19)10-12-16)18(22)21-20-13-14-7-4-3-5-8-14/h3-5,7-13,17H,2,6H2,1H3,(H,21,22). The Bertz CT molecular complexity index is 642. The fraction of sp³-hybridized carbons (Fsp3) is 0.222. The summed E-state index contributed by atoms with van der Waals surface area (Å²) in [7, 11) is 0. The highest BCUT2D eigenvalue weighted by molar-refractivity contribution is 9.10. The van der Waals surface area contributed by atoms with Crippen LogP contribution in [0.5, 0.6) is 5.75 Å². The number of rotatable bonds is 7. The number of benzene rings is 2. The van der Waals surface area contributed by atoms with Gasteiger partial charge in [-0.1, -0.05) is 59.6 Å². The summed E-state index contributed by atoms with van der Waals surface area (Å²) >= 11 is 3.37. The molecule has 1 N–H and O–H groups in total. The molecule has 0 aliphatic carbocycles. The molecule has 0 bridgehead atoms. The molecule has 0 radical (unpaired) electrons. The largest absolute Gasteiger partial charge is 0.481 e. The highest BCUT2D eigenvalue weighted by atomic mass is 79.9. The summed E-state index contributed by atoms with van der Waals surface area (Å²) in [5.74, 6) is 0.413. The maximum atomic E-state index is 12.2. The van der Waals surface area contributed by atoms with Gasteiger partial charge in [0, 0.05) is 4.47 Å². The summed E-state index contributed by atoms with van der Waals surface area (Å²) in [5.41, 5.74) is 3.47. The zero-order valence-corrected chi connectivity index (χ0v) is 14.5. The van der Waals surface area contributed by atoms with Gasteiger partial charge in [0.2, 0.25) is 0 Å². The lowest BCUT2D eigenvalue weighted by atomic mass is 10.2. The van der Waals surface area contributed by atoms with E-state index in [4.69, 9.17) is 4.74 Å². The summed E-state index contributed by atoms with van der Waals surface area (Å²) in [6.45, 7) is 2.01. The normalized spacial score (nSPS) is 12.1. The Morgan fingerprint density at radius 1 is 1.22 bits per heavy atom. The van der Waals surface area contributed by atoms with E-state index in [2.05, 4.69) is 26.5 Å². The highest BCUT2D eigenvalue weighted by Gasteiger charge is 2.19. The molecule has 1 unspecified atom stereocenters. The first kappa shape index (κ1) is 17.2. The topological polar surface area (TPSA) is 50.7 Å². The van der Waals surface area contributed by atoms with Gasteiger partial charge in [0.05, 0.1) is 6.21 Å². The van der Waals surface area contributed by atoms with E-state index in [1.807, 2.05) is 61.5 Å². The minimum atomic E-state index is -0.561. The van der Waals surface area contributed by atoms with Crippen molar-refractivity contribution >= 4 is 28.1 Å². The minimum Gasteiger partial charge on any atom is -0.481 e. The molecule has 0 saturated carbocycles. The molecule has 0 heterocycles. The molecule has 2 rings (SSSR count). The van der Waals surface area contributed by atoms with E-state index < -0.39 is 6.10 Å². The number of amides is 1. The summed E-state index contributed by atoms with van der Waals surface area (Å²) in [6, 6.07) is 17.0. The van der Waals surface area contributed by atoms with Crippen molar-refractivity contribution in [2.75, 3.05) is 0 Å². The lowest BCUT2D eigenvalue weighted by Crippen LogP contribution is -2.35. The van der Waals surface area contributed by atoms with Gasteiger partial charge in [0.25, 0.3) is 5.91 Å². The van der Waals surface area contributed by atoms with Crippen LogP contribution in [-0.2, 0) is 4.79 Å². The monoisotopic (exact) mass is 374 g/mol. The second-order valence-corrected chi connectivity index (χ2v) is 5.91. The van der Waals surface area contributed by atoms with E-state index in [0.29, 0.717) is 12.2 Å². The maximum absolute atomic E-state index is 12.2. The highest BCUT2D eigenvalue weighted by Crippen LogP contribution is 2.18. The van der Waals surface area contributed by atoms with Crippen LogP contribution in [0.25, 0.3) is 0 Å². The van der Waals surface area contributed by atoms with Crippen LogP contribution in [0.3, 0.4) is 0 Å². The van der Waals surface area contributed by atoms with Crippen LogP contribution in [0.4, 0.5) is 0 Å². The molecular weight excluding hydrogens is 356 g/mol. The van der Waals surface area contributed by atoms with E-state index in [0.717, 1.165) is 16.5 Å². The van der Waals surface area contributed by atoms with Gasteiger partial charge >= 0.3 is 0 Å².